The van der Waals surface area contributed by atoms with Crippen LogP contribution in [0.1, 0.15) is 12.2 Å². The summed E-state index contributed by atoms with van der Waals surface area (Å²) < 4.78 is 10.8. The summed E-state index contributed by atoms with van der Waals surface area (Å²) in [5.41, 5.74) is 1.62. The van der Waals surface area contributed by atoms with E-state index in [0.717, 1.165) is 43.3 Å². The lowest BCUT2D eigenvalue weighted by atomic mass is 10.2. The van der Waals surface area contributed by atoms with Crippen molar-refractivity contribution in [2.24, 2.45) is 0 Å². The molecule has 1 aliphatic heterocycles. The van der Waals surface area contributed by atoms with Crippen LogP contribution >= 0.6 is 0 Å². The van der Waals surface area contributed by atoms with Gasteiger partial charge in [-0.2, -0.15) is 0 Å². The van der Waals surface area contributed by atoms with Crippen molar-refractivity contribution in [3.8, 4) is 11.4 Å². The van der Waals surface area contributed by atoms with Gasteiger partial charge in [-0.1, -0.05) is 11.2 Å². The third kappa shape index (κ3) is 2.83. The molecule has 0 aliphatic carbocycles. The molecule has 5 nitrogen and oxygen atoms in total. The molecule has 1 saturated heterocycles. The summed E-state index contributed by atoms with van der Waals surface area (Å²) in [6.45, 7) is 2.40. The normalized spacial score (nSPS) is 19.2. The van der Waals surface area contributed by atoms with Gasteiger partial charge in [-0.05, 0) is 25.6 Å². The average molecular weight is 259 g/mol. The van der Waals surface area contributed by atoms with E-state index in [2.05, 4.69) is 22.1 Å². The Balaban J connectivity index is 1.68. The van der Waals surface area contributed by atoms with Gasteiger partial charge in [0.1, 0.15) is 5.69 Å². The quantitative estimate of drug-likeness (QED) is 0.840. The standard InChI is InChI=1S/C14H17N3O2/c1-17(11-5-7-18-10-11)9-12-8-14(16-19-12)13-4-2-3-6-15-13/h2-4,6,8,11H,5,7,9-10H2,1H3. The van der Waals surface area contributed by atoms with Crippen LogP contribution in [0.3, 0.4) is 0 Å². The van der Waals surface area contributed by atoms with Gasteiger partial charge in [-0.25, -0.2) is 0 Å². The predicted octanol–water partition coefficient (Wildman–Crippen LogP) is 1.96. The topological polar surface area (TPSA) is 51.4 Å². The lowest BCUT2D eigenvalue weighted by Gasteiger charge is -2.20. The van der Waals surface area contributed by atoms with E-state index in [-0.39, 0.29) is 0 Å². The molecule has 3 heterocycles. The molecule has 1 unspecified atom stereocenters. The lowest BCUT2D eigenvalue weighted by molar-refractivity contribution is 0.150. The Labute approximate surface area is 112 Å². The molecular weight excluding hydrogens is 242 g/mol. The van der Waals surface area contributed by atoms with Gasteiger partial charge >= 0.3 is 0 Å². The fraction of sp³-hybridized carbons (Fsp3) is 0.429. The highest BCUT2D eigenvalue weighted by molar-refractivity contribution is 5.52. The molecule has 3 rings (SSSR count). The van der Waals surface area contributed by atoms with Crippen molar-refractivity contribution < 1.29 is 9.26 Å². The van der Waals surface area contributed by atoms with E-state index in [9.17, 15) is 0 Å². The molecule has 0 spiro atoms. The second-order valence-electron chi connectivity index (χ2n) is 4.83. The minimum atomic E-state index is 0.475. The van der Waals surface area contributed by atoms with Gasteiger partial charge in [-0.3, -0.25) is 9.88 Å². The number of likely N-dealkylation sites (N-methyl/N-ethyl adjacent to an activating group) is 1. The third-order valence-electron chi connectivity index (χ3n) is 3.42. The van der Waals surface area contributed by atoms with E-state index in [1.54, 1.807) is 6.20 Å². The van der Waals surface area contributed by atoms with E-state index in [4.69, 9.17) is 9.26 Å². The maximum absolute atomic E-state index is 5.39. The highest BCUT2D eigenvalue weighted by Crippen LogP contribution is 2.19. The highest BCUT2D eigenvalue weighted by atomic mass is 16.5. The molecule has 0 saturated carbocycles. The molecule has 0 bridgehead atoms. The van der Waals surface area contributed by atoms with Crippen molar-refractivity contribution in [2.75, 3.05) is 20.3 Å². The van der Waals surface area contributed by atoms with Crippen molar-refractivity contribution in [1.82, 2.24) is 15.0 Å². The number of ether oxygens (including phenoxy) is 1. The van der Waals surface area contributed by atoms with Crippen LogP contribution in [0.15, 0.2) is 35.0 Å². The van der Waals surface area contributed by atoms with Crippen LogP contribution in [0, 0.1) is 0 Å². The first-order chi connectivity index (χ1) is 9.33. The van der Waals surface area contributed by atoms with Gasteiger partial charge < -0.3 is 9.26 Å². The Morgan fingerprint density at radius 2 is 2.32 bits per heavy atom. The van der Waals surface area contributed by atoms with Gasteiger partial charge in [0.25, 0.3) is 0 Å². The van der Waals surface area contributed by atoms with Crippen LogP contribution in [0.5, 0.6) is 0 Å². The highest BCUT2D eigenvalue weighted by Gasteiger charge is 2.21. The summed E-state index contributed by atoms with van der Waals surface area (Å²) >= 11 is 0. The SMILES string of the molecule is CN(Cc1cc(-c2ccccn2)no1)C1CCOC1. The Bertz CT molecular complexity index is 520. The summed E-state index contributed by atoms with van der Waals surface area (Å²) in [5, 5.41) is 4.07. The van der Waals surface area contributed by atoms with Gasteiger partial charge in [0, 0.05) is 24.9 Å². The second-order valence-corrected chi connectivity index (χ2v) is 4.83. The van der Waals surface area contributed by atoms with Gasteiger partial charge in [0.15, 0.2) is 5.76 Å². The largest absolute Gasteiger partial charge is 0.380 e. The molecule has 0 aromatic carbocycles. The van der Waals surface area contributed by atoms with Crippen LogP contribution in [0.4, 0.5) is 0 Å². The monoisotopic (exact) mass is 259 g/mol. The maximum atomic E-state index is 5.39. The van der Waals surface area contributed by atoms with Crippen molar-refractivity contribution in [3.63, 3.8) is 0 Å². The molecule has 1 atom stereocenters. The molecule has 1 fully saturated rings. The van der Waals surface area contributed by atoms with E-state index in [0.29, 0.717) is 6.04 Å². The fourth-order valence-corrected chi connectivity index (χ4v) is 2.27. The van der Waals surface area contributed by atoms with Crippen LogP contribution < -0.4 is 0 Å². The van der Waals surface area contributed by atoms with E-state index >= 15 is 0 Å². The van der Waals surface area contributed by atoms with Crippen molar-refractivity contribution in [3.05, 3.63) is 36.2 Å². The number of hydrogen-bond donors (Lipinski definition) is 0. The third-order valence-corrected chi connectivity index (χ3v) is 3.42. The van der Waals surface area contributed by atoms with Gasteiger partial charge in [-0.15, -0.1) is 0 Å². The van der Waals surface area contributed by atoms with Crippen LogP contribution in [0.25, 0.3) is 11.4 Å². The smallest absolute Gasteiger partial charge is 0.151 e. The summed E-state index contributed by atoms with van der Waals surface area (Å²) in [6.07, 6.45) is 2.84. The number of pyridine rings is 1. The Morgan fingerprint density at radius 1 is 1.37 bits per heavy atom. The molecule has 0 N–H and O–H groups in total. The Morgan fingerprint density at radius 3 is 3.05 bits per heavy atom. The zero-order chi connectivity index (χ0) is 13.1. The van der Waals surface area contributed by atoms with Crippen molar-refractivity contribution in [2.45, 2.75) is 19.0 Å². The maximum Gasteiger partial charge on any atom is 0.151 e. The number of aromatic nitrogens is 2. The minimum absolute atomic E-state index is 0.475. The summed E-state index contributed by atoms with van der Waals surface area (Å²) in [4.78, 5) is 6.51. The minimum Gasteiger partial charge on any atom is -0.380 e. The average Bonchev–Trinajstić information content (AvgIpc) is 3.11. The van der Waals surface area contributed by atoms with E-state index in [1.807, 2.05) is 24.3 Å². The molecule has 2 aromatic heterocycles. The number of nitrogens with zero attached hydrogens (tertiary/aromatic N) is 3. The summed E-state index contributed by atoms with van der Waals surface area (Å²) in [6, 6.07) is 8.19. The number of rotatable bonds is 4. The molecule has 100 valence electrons. The first-order valence-electron chi connectivity index (χ1n) is 6.48. The fourth-order valence-electron chi connectivity index (χ4n) is 2.27. The summed E-state index contributed by atoms with van der Waals surface area (Å²) in [5.74, 6) is 0.857. The van der Waals surface area contributed by atoms with Crippen LogP contribution in [0.2, 0.25) is 0 Å². The van der Waals surface area contributed by atoms with Crippen LogP contribution in [-0.2, 0) is 11.3 Å². The zero-order valence-electron chi connectivity index (χ0n) is 11.0. The first-order valence-corrected chi connectivity index (χ1v) is 6.48. The van der Waals surface area contributed by atoms with E-state index in [1.165, 1.54) is 0 Å². The molecule has 5 heteroatoms. The molecule has 1 aliphatic rings. The Kier molecular flexibility index (Phi) is 3.57. The zero-order valence-corrected chi connectivity index (χ0v) is 11.0. The van der Waals surface area contributed by atoms with Crippen molar-refractivity contribution in [1.29, 1.82) is 0 Å². The second kappa shape index (κ2) is 5.50. The van der Waals surface area contributed by atoms with Crippen molar-refractivity contribution >= 4 is 0 Å². The summed E-state index contributed by atoms with van der Waals surface area (Å²) in [7, 11) is 2.09. The molecular formula is C14H17N3O2. The number of hydrogen-bond acceptors (Lipinski definition) is 5. The van der Waals surface area contributed by atoms with Gasteiger partial charge in [0.05, 0.1) is 18.8 Å². The van der Waals surface area contributed by atoms with Crippen LogP contribution in [-0.4, -0.2) is 41.3 Å². The Hall–Kier alpha value is -1.72. The lowest BCUT2D eigenvalue weighted by Crippen LogP contribution is -2.31. The molecule has 2 aromatic rings. The van der Waals surface area contributed by atoms with E-state index < -0.39 is 0 Å². The van der Waals surface area contributed by atoms with Gasteiger partial charge in [0.2, 0.25) is 0 Å². The molecule has 19 heavy (non-hydrogen) atoms. The molecule has 0 amide bonds. The first kappa shape index (κ1) is 12.3. The predicted molar refractivity (Wildman–Crippen MR) is 70.4 cm³/mol. The molecule has 0 radical (unpaired) electrons.